The van der Waals surface area contributed by atoms with Crippen LogP contribution in [0.5, 0.6) is 0 Å². The summed E-state index contributed by atoms with van der Waals surface area (Å²) in [5.74, 6) is 0. The molecular formula is C17H28O2. The van der Waals surface area contributed by atoms with Gasteiger partial charge < -0.3 is 9.84 Å². The van der Waals surface area contributed by atoms with Gasteiger partial charge >= 0.3 is 0 Å². The van der Waals surface area contributed by atoms with Gasteiger partial charge in [-0.1, -0.05) is 32.6 Å². The number of hydrogen-bond donors (Lipinski definition) is 1. The molecule has 0 aliphatic heterocycles. The van der Waals surface area contributed by atoms with E-state index in [1.807, 2.05) is 13.0 Å². The lowest BCUT2D eigenvalue weighted by Gasteiger charge is -2.46. The predicted octanol–water partition coefficient (Wildman–Crippen LogP) is 4.02. The summed E-state index contributed by atoms with van der Waals surface area (Å²) in [7, 11) is 0. The third-order valence-electron chi connectivity index (χ3n) is 3.33. The van der Waals surface area contributed by atoms with Crippen molar-refractivity contribution >= 4 is 0 Å². The van der Waals surface area contributed by atoms with Gasteiger partial charge in [0.25, 0.3) is 0 Å². The second kappa shape index (κ2) is 5.26. The lowest BCUT2D eigenvalue weighted by atomic mass is 9.68. The average molecular weight is 264 g/mol. The van der Waals surface area contributed by atoms with Crippen LogP contribution in [0.15, 0.2) is 36.5 Å². The molecular weight excluding hydrogens is 236 g/mol. The Hall–Kier alpha value is -0.860. The Morgan fingerprint density at radius 3 is 2.42 bits per heavy atom. The topological polar surface area (TPSA) is 29.5 Å². The van der Waals surface area contributed by atoms with Gasteiger partial charge in [-0.2, -0.15) is 0 Å². The molecule has 0 aromatic heterocycles. The fourth-order valence-electron chi connectivity index (χ4n) is 2.91. The molecule has 0 aromatic rings. The first-order valence-corrected chi connectivity index (χ1v) is 6.89. The lowest BCUT2D eigenvalue weighted by molar-refractivity contribution is -0.111. The number of allylic oxidation sites excluding steroid dienone is 2. The maximum atomic E-state index is 10.7. The molecule has 0 fully saturated rings. The van der Waals surface area contributed by atoms with E-state index >= 15 is 0 Å². The molecule has 19 heavy (non-hydrogen) atoms. The molecule has 2 unspecified atom stereocenters. The predicted molar refractivity (Wildman–Crippen MR) is 81.1 cm³/mol. The van der Waals surface area contributed by atoms with E-state index in [9.17, 15) is 5.11 Å². The molecule has 2 nitrogen and oxygen atoms in total. The SMILES string of the molecule is C=C/C=C\C1(O)C=C(C)C(OC(C)(C)C)C(C)(C)C1. The Kier molecular flexibility index (Phi) is 4.48. The van der Waals surface area contributed by atoms with Crippen LogP contribution in [0.2, 0.25) is 0 Å². The van der Waals surface area contributed by atoms with E-state index in [1.54, 1.807) is 18.2 Å². The summed E-state index contributed by atoms with van der Waals surface area (Å²) >= 11 is 0. The second-order valence-electron chi connectivity index (χ2n) is 7.25. The second-order valence-corrected chi connectivity index (χ2v) is 7.25. The van der Waals surface area contributed by atoms with Crippen LogP contribution in [-0.2, 0) is 4.74 Å². The van der Waals surface area contributed by atoms with Crippen molar-refractivity contribution in [3.8, 4) is 0 Å². The van der Waals surface area contributed by atoms with Crippen molar-refractivity contribution in [1.29, 1.82) is 0 Å². The third-order valence-corrected chi connectivity index (χ3v) is 3.33. The van der Waals surface area contributed by atoms with Crippen LogP contribution in [0.4, 0.5) is 0 Å². The molecule has 0 spiro atoms. The largest absolute Gasteiger partial charge is 0.382 e. The van der Waals surface area contributed by atoms with Gasteiger partial charge in [0.05, 0.1) is 11.7 Å². The van der Waals surface area contributed by atoms with Crippen molar-refractivity contribution in [3.05, 3.63) is 36.5 Å². The van der Waals surface area contributed by atoms with E-state index in [1.165, 1.54) is 0 Å². The third kappa shape index (κ3) is 4.32. The summed E-state index contributed by atoms with van der Waals surface area (Å²) < 4.78 is 6.18. The summed E-state index contributed by atoms with van der Waals surface area (Å²) in [6, 6.07) is 0. The number of rotatable bonds is 3. The van der Waals surface area contributed by atoms with Gasteiger partial charge in [0.15, 0.2) is 0 Å². The van der Waals surface area contributed by atoms with Gasteiger partial charge in [-0.3, -0.25) is 0 Å². The first kappa shape index (κ1) is 16.2. The number of aliphatic hydroxyl groups is 1. The fourth-order valence-corrected chi connectivity index (χ4v) is 2.91. The Morgan fingerprint density at radius 2 is 2.00 bits per heavy atom. The van der Waals surface area contributed by atoms with Crippen LogP contribution in [0.3, 0.4) is 0 Å². The molecule has 0 amide bonds. The van der Waals surface area contributed by atoms with Crippen LogP contribution in [0.25, 0.3) is 0 Å². The summed E-state index contributed by atoms with van der Waals surface area (Å²) in [5, 5.41) is 10.7. The number of ether oxygens (including phenoxy) is 1. The van der Waals surface area contributed by atoms with Crippen molar-refractivity contribution < 1.29 is 9.84 Å². The standard InChI is InChI=1S/C17H28O2/c1-8-9-10-17(18)11-13(2)14(16(6,7)12-17)19-15(3,4)5/h8-11,14,18H,1,12H2,2-7H3/b10-9-. The molecule has 2 heteroatoms. The van der Waals surface area contributed by atoms with Gasteiger partial charge in [0, 0.05) is 0 Å². The molecule has 0 radical (unpaired) electrons. The van der Waals surface area contributed by atoms with Crippen molar-refractivity contribution in [3.63, 3.8) is 0 Å². The average Bonchev–Trinajstić information content (AvgIpc) is 2.19. The normalized spacial score (nSPS) is 31.3. The quantitative estimate of drug-likeness (QED) is 0.616. The van der Waals surface area contributed by atoms with Gasteiger partial charge in [0.1, 0.15) is 5.60 Å². The van der Waals surface area contributed by atoms with E-state index in [-0.39, 0.29) is 17.1 Å². The first-order chi connectivity index (χ1) is 8.49. The van der Waals surface area contributed by atoms with E-state index in [4.69, 9.17) is 4.74 Å². The zero-order valence-corrected chi connectivity index (χ0v) is 13.2. The molecule has 108 valence electrons. The zero-order chi connectivity index (χ0) is 14.9. The smallest absolute Gasteiger partial charge is 0.102 e. The summed E-state index contributed by atoms with van der Waals surface area (Å²) in [4.78, 5) is 0. The van der Waals surface area contributed by atoms with Gasteiger partial charge in [-0.15, -0.1) is 0 Å². The molecule has 1 rings (SSSR count). The highest BCUT2D eigenvalue weighted by atomic mass is 16.5. The molecule has 2 atom stereocenters. The van der Waals surface area contributed by atoms with Crippen LogP contribution in [0, 0.1) is 5.41 Å². The molecule has 1 aliphatic carbocycles. The Labute approximate surface area is 117 Å². The van der Waals surface area contributed by atoms with Crippen molar-refractivity contribution in [2.24, 2.45) is 5.41 Å². The van der Waals surface area contributed by atoms with Gasteiger partial charge in [-0.25, -0.2) is 0 Å². The summed E-state index contributed by atoms with van der Waals surface area (Å²) in [5.41, 5.74) is -0.127. The minimum Gasteiger partial charge on any atom is -0.382 e. The molecule has 0 saturated heterocycles. The van der Waals surface area contributed by atoms with Crippen LogP contribution in [-0.4, -0.2) is 22.4 Å². The first-order valence-electron chi connectivity index (χ1n) is 6.89. The summed E-state index contributed by atoms with van der Waals surface area (Å²) in [6.07, 6.45) is 7.87. The maximum absolute atomic E-state index is 10.7. The minimum atomic E-state index is -0.903. The highest BCUT2D eigenvalue weighted by Gasteiger charge is 2.44. The molecule has 0 bridgehead atoms. The Balaban J connectivity index is 3.09. The minimum absolute atomic E-state index is 0.0323. The molecule has 1 N–H and O–H groups in total. The molecule has 0 aromatic carbocycles. The molecule has 1 aliphatic rings. The Morgan fingerprint density at radius 1 is 1.42 bits per heavy atom. The van der Waals surface area contributed by atoms with Crippen molar-refractivity contribution in [1.82, 2.24) is 0 Å². The molecule has 0 saturated carbocycles. The maximum Gasteiger partial charge on any atom is 0.102 e. The zero-order valence-electron chi connectivity index (χ0n) is 13.2. The van der Waals surface area contributed by atoms with Crippen LogP contribution < -0.4 is 0 Å². The van der Waals surface area contributed by atoms with E-state index in [0.717, 1.165) is 5.57 Å². The fraction of sp³-hybridized carbons (Fsp3) is 0.647. The van der Waals surface area contributed by atoms with Crippen molar-refractivity contribution in [2.45, 2.75) is 65.3 Å². The monoisotopic (exact) mass is 264 g/mol. The summed E-state index contributed by atoms with van der Waals surface area (Å²) in [6.45, 7) is 16.2. The highest BCUT2D eigenvalue weighted by molar-refractivity contribution is 5.28. The van der Waals surface area contributed by atoms with Gasteiger partial charge in [0.2, 0.25) is 0 Å². The van der Waals surface area contributed by atoms with E-state index in [0.29, 0.717) is 6.42 Å². The highest BCUT2D eigenvalue weighted by Crippen LogP contribution is 2.44. The lowest BCUT2D eigenvalue weighted by Crippen LogP contribution is -2.47. The van der Waals surface area contributed by atoms with Crippen LogP contribution in [0.1, 0.15) is 48.0 Å². The van der Waals surface area contributed by atoms with Crippen molar-refractivity contribution in [2.75, 3.05) is 0 Å². The van der Waals surface area contributed by atoms with Crippen LogP contribution >= 0.6 is 0 Å². The van der Waals surface area contributed by atoms with E-state index in [2.05, 4.69) is 41.2 Å². The van der Waals surface area contributed by atoms with Gasteiger partial charge in [-0.05, 0) is 57.3 Å². The molecule has 0 heterocycles. The number of hydrogen-bond acceptors (Lipinski definition) is 2. The Bertz CT molecular complexity index is 396. The van der Waals surface area contributed by atoms with E-state index < -0.39 is 5.60 Å².